The fourth-order valence-corrected chi connectivity index (χ4v) is 5.42. The van der Waals surface area contributed by atoms with Crippen LogP contribution in [-0.4, -0.2) is 31.4 Å². The highest BCUT2D eigenvalue weighted by atomic mass is 32.2. The molecule has 21 heavy (non-hydrogen) atoms. The molecule has 0 saturated heterocycles. The van der Waals surface area contributed by atoms with Crippen molar-refractivity contribution in [2.45, 2.75) is 56.5 Å². The van der Waals surface area contributed by atoms with Gasteiger partial charge in [0.25, 0.3) is 10.0 Å². The van der Waals surface area contributed by atoms with Gasteiger partial charge in [0.1, 0.15) is 4.21 Å². The molecule has 0 bridgehead atoms. The quantitative estimate of drug-likeness (QED) is 0.747. The number of hydrogen-bond donors (Lipinski definition) is 1. The maximum absolute atomic E-state index is 12.7. The second-order valence-electron chi connectivity index (χ2n) is 5.78. The molecule has 4 nitrogen and oxygen atoms in total. The van der Waals surface area contributed by atoms with Gasteiger partial charge in [-0.05, 0) is 45.2 Å². The van der Waals surface area contributed by atoms with E-state index in [9.17, 15) is 8.42 Å². The summed E-state index contributed by atoms with van der Waals surface area (Å²) in [6.45, 7) is 10.5. The van der Waals surface area contributed by atoms with Crippen LogP contribution in [0.25, 0.3) is 0 Å². The van der Waals surface area contributed by atoms with E-state index in [0.717, 1.165) is 17.0 Å². The number of nitrogens with one attached hydrogen (secondary N) is 1. The molecule has 2 rings (SSSR count). The van der Waals surface area contributed by atoms with Crippen molar-refractivity contribution in [1.29, 1.82) is 0 Å². The molecule has 0 atom stereocenters. The van der Waals surface area contributed by atoms with E-state index in [4.69, 9.17) is 0 Å². The van der Waals surface area contributed by atoms with Crippen molar-refractivity contribution in [2.24, 2.45) is 0 Å². The highest BCUT2D eigenvalue weighted by Gasteiger charge is 2.28. The summed E-state index contributed by atoms with van der Waals surface area (Å²) in [5.74, 6) is 0. The second-order valence-corrected chi connectivity index (χ2v) is 9.04. The Balaban J connectivity index is 2.21. The van der Waals surface area contributed by atoms with Crippen molar-refractivity contribution in [3.05, 3.63) is 29.2 Å². The Labute approximate surface area is 131 Å². The van der Waals surface area contributed by atoms with Crippen LogP contribution in [0.2, 0.25) is 0 Å². The van der Waals surface area contributed by atoms with E-state index in [1.165, 1.54) is 28.5 Å². The number of hydrogen-bond acceptors (Lipinski definition) is 4. The molecule has 0 spiro atoms. The molecule has 1 aliphatic rings. The van der Waals surface area contributed by atoms with Gasteiger partial charge in [0.15, 0.2) is 0 Å². The molecule has 1 aromatic heterocycles. The standard InChI is InChI=1S/C15H24N2O2S2/c1-5-8-17(11(2)3)21(18,19)15-9-12(4)14(20-15)10-16-13-6-7-13/h5,9,11,13,16H,1,6-8,10H2,2-4H3. The Morgan fingerprint density at radius 2 is 2.19 bits per heavy atom. The van der Waals surface area contributed by atoms with Crippen LogP contribution < -0.4 is 5.32 Å². The fourth-order valence-electron chi connectivity index (χ4n) is 2.15. The molecule has 0 aliphatic heterocycles. The minimum absolute atomic E-state index is 0.0801. The summed E-state index contributed by atoms with van der Waals surface area (Å²) in [7, 11) is -3.43. The van der Waals surface area contributed by atoms with E-state index in [1.807, 2.05) is 20.8 Å². The first kappa shape index (κ1) is 16.7. The van der Waals surface area contributed by atoms with Gasteiger partial charge in [0.2, 0.25) is 0 Å². The van der Waals surface area contributed by atoms with Crippen molar-refractivity contribution in [2.75, 3.05) is 6.54 Å². The Kier molecular flexibility index (Phi) is 5.24. The molecule has 118 valence electrons. The molecule has 1 saturated carbocycles. The van der Waals surface area contributed by atoms with Gasteiger partial charge in [-0.25, -0.2) is 8.42 Å². The molecule has 1 N–H and O–H groups in total. The van der Waals surface area contributed by atoms with Crippen LogP contribution >= 0.6 is 11.3 Å². The number of aryl methyl sites for hydroxylation is 1. The Morgan fingerprint density at radius 1 is 1.52 bits per heavy atom. The predicted octanol–water partition coefficient (Wildman–Crippen LogP) is 2.89. The first-order valence-corrected chi connectivity index (χ1v) is 9.57. The summed E-state index contributed by atoms with van der Waals surface area (Å²) in [6.07, 6.45) is 4.10. The Bertz CT molecular complexity index is 601. The van der Waals surface area contributed by atoms with Crippen LogP contribution in [0.4, 0.5) is 0 Å². The zero-order valence-electron chi connectivity index (χ0n) is 12.9. The van der Waals surface area contributed by atoms with Gasteiger partial charge in [0, 0.05) is 30.1 Å². The molecule has 0 unspecified atom stereocenters. The molecule has 0 aromatic carbocycles. The van der Waals surface area contributed by atoms with Crippen LogP contribution in [0.5, 0.6) is 0 Å². The summed E-state index contributed by atoms with van der Waals surface area (Å²) in [5.41, 5.74) is 1.05. The van der Waals surface area contributed by atoms with Gasteiger partial charge in [-0.1, -0.05) is 6.08 Å². The summed E-state index contributed by atoms with van der Waals surface area (Å²) in [5, 5.41) is 3.44. The van der Waals surface area contributed by atoms with E-state index >= 15 is 0 Å². The van der Waals surface area contributed by atoms with E-state index in [-0.39, 0.29) is 6.04 Å². The molecular formula is C15H24N2O2S2. The van der Waals surface area contributed by atoms with Crippen LogP contribution in [0.3, 0.4) is 0 Å². The average Bonchev–Trinajstić information content (AvgIpc) is 3.16. The minimum Gasteiger partial charge on any atom is -0.309 e. The summed E-state index contributed by atoms with van der Waals surface area (Å²) in [4.78, 5) is 1.11. The molecule has 1 aromatic rings. The monoisotopic (exact) mass is 328 g/mol. The molecule has 1 fully saturated rings. The SMILES string of the molecule is C=CCN(C(C)C)S(=O)(=O)c1cc(C)c(CNC2CC2)s1. The third-order valence-electron chi connectivity index (χ3n) is 3.57. The Morgan fingerprint density at radius 3 is 2.71 bits per heavy atom. The maximum atomic E-state index is 12.7. The third kappa shape index (κ3) is 3.94. The number of rotatable bonds is 8. The predicted molar refractivity (Wildman–Crippen MR) is 88.1 cm³/mol. The van der Waals surface area contributed by atoms with Gasteiger partial charge < -0.3 is 5.32 Å². The molecule has 6 heteroatoms. The topological polar surface area (TPSA) is 49.4 Å². The van der Waals surface area contributed by atoms with Gasteiger partial charge in [-0.3, -0.25) is 0 Å². The first-order chi connectivity index (χ1) is 9.86. The van der Waals surface area contributed by atoms with Crippen LogP contribution in [-0.2, 0) is 16.6 Å². The van der Waals surface area contributed by atoms with Crippen LogP contribution in [0.1, 0.15) is 37.1 Å². The zero-order valence-corrected chi connectivity index (χ0v) is 14.6. The van der Waals surface area contributed by atoms with Gasteiger partial charge in [-0.2, -0.15) is 4.31 Å². The zero-order chi connectivity index (χ0) is 15.6. The van der Waals surface area contributed by atoms with E-state index < -0.39 is 10.0 Å². The lowest BCUT2D eigenvalue weighted by atomic mass is 10.3. The number of sulfonamides is 1. The Hall–Kier alpha value is -0.690. The lowest BCUT2D eigenvalue weighted by Gasteiger charge is -2.23. The first-order valence-electron chi connectivity index (χ1n) is 7.31. The highest BCUT2D eigenvalue weighted by Crippen LogP contribution is 2.30. The average molecular weight is 329 g/mol. The third-order valence-corrected chi connectivity index (χ3v) is 7.30. The normalized spacial score (nSPS) is 15.9. The number of nitrogens with zero attached hydrogens (tertiary/aromatic N) is 1. The molecule has 1 heterocycles. The summed E-state index contributed by atoms with van der Waals surface area (Å²) in [6, 6.07) is 2.34. The van der Waals surface area contributed by atoms with Crippen molar-refractivity contribution < 1.29 is 8.42 Å². The van der Waals surface area contributed by atoms with Gasteiger partial charge >= 0.3 is 0 Å². The van der Waals surface area contributed by atoms with Crippen LogP contribution in [0.15, 0.2) is 22.9 Å². The second kappa shape index (κ2) is 6.60. The fraction of sp³-hybridized carbons (Fsp3) is 0.600. The van der Waals surface area contributed by atoms with Crippen molar-refractivity contribution in [3.8, 4) is 0 Å². The smallest absolute Gasteiger partial charge is 0.253 e. The van der Waals surface area contributed by atoms with E-state index in [1.54, 1.807) is 12.1 Å². The van der Waals surface area contributed by atoms with E-state index in [0.29, 0.717) is 16.8 Å². The largest absolute Gasteiger partial charge is 0.309 e. The maximum Gasteiger partial charge on any atom is 0.253 e. The minimum atomic E-state index is -3.43. The van der Waals surface area contributed by atoms with Gasteiger partial charge in [-0.15, -0.1) is 17.9 Å². The van der Waals surface area contributed by atoms with Crippen LogP contribution in [0, 0.1) is 6.92 Å². The van der Waals surface area contributed by atoms with Crippen molar-refractivity contribution in [3.63, 3.8) is 0 Å². The highest BCUT2D eigenvalue weighted by molar-refractivity contribution is 7.91. The molecule has 1 aliphatic carbocycles. The number of thiophene rings is 1. The van der Waals surface area contributed by atoms with Crippen molar-refractivity contribution >= 4 is 21.4 Å². The van der Waals surface area contributed by atoms with Crippen molar-refractivity contribution in [1.82, 2.24) is 9.62 Å². The molecular weight excluding hydrogens is 304 g/mol. The molecule has 0 amide bonds. The summed E-state index contributed by atoms with van der Waals surface area (Å²) < 4.78 is 27.4. The lowest BCUT2D eigenvalue weighted by Crippen LogP contribution is -2.36. The summed E-state index contributed by atoms with van der Waals surface area (Å²) >= 11 is 1.38. The lowest BCUT2D eigenvalue weighted by molar-refractivity contribution is 0.384. The van der Waals surface area contributed by atoms with Gasteiger partial charge in [0.05, 0.1) is 0 Å². The molecule has 0 radical (unpaired) electrons. The van der Waals surface area contributed by atoms with E-state index in [2.05, 4.69) is 11.9 Å².